The molecule has 1 heterocycles. The number of aliphatic hydroxyl groups excluding tert-OH is 1. The zero-order valence-corrected chi connectivity index (χ0v) is 10.9. The average Bonchev–Trinajstić information content (AvgIpc) is 2.26. The number of alkyl halides is 3. The molecule has 0 aliphatic heterocycles. The van der Waals surface area contributed by atoms with Crippen molar-refractivity contribution in [2.24, 2.45) is 0 Å². The van der Waals surface area contributed by atoms with E-state index in [1.807, 2.05) is 0 Å². The number of halogens is 3. The van der Waals surface area contributed by atoms with Crippen molar-refractivity contribution < 1.29 is 23.2 Å². The fourth-order valence-corrected chi connectivity index (χ4v) is 1.56. The summed E-state index contributed by atoms with van der Waals surface area (Å²) in [5.74, 6) is 0. The first-order valence-electron chi connectivity index (χ1n) is 5.67. The van der Waals surface area contributed by atoms with Gasteiger partial charge >= 0.3 is 11.9 Å². The van der Waals surface area contributed by atoms with E-state index in [9.17, 15) is 23.3 Å². The highest BCUT2D eigenvalue weighted by Crippen LogP contribution is 2.34. The molecule has 0 saturated carbocycles. The van der Waals surface area contributed by atoms with Gasteiger partial charge in [0.05, 0.1) is 4.92 Å². The number of nitro groups is 1. The fraction of sp³-hybridized carbons (Fsp3) is 0.545. The molecule has 112 valence electrons. The van der Waals surface area contributed by atoms with Crippen LogP contribution in [0.5, 0.6) is 0 Å². The molecule has 1 rings (SSSR count). The van der Waals surface area contributed by atoms with Gasteiger partial charge in [-0.3, -0.25) is 10.1 Å². The van der Waals surface area contributed by atoms with E-state index in [4.69, 9.17) is 5.11 Å². The Hall–Kier alpha value is -1.90. The molecule has 20 heavy (non-hydrogen) atoms. The quantitative estimate of drug-likeness (QED) is 0.643. The van der Waals surface area contributed by atoms with Crippen LogP contribution in [-0.2, 0) is 6.18 Å². The van der Waals surface area contributed by atoms with Crippen LogP contribution in [0, 0.1) is 10.1 Å². The highest BCUT2D eigenvalue weighted by molar-refractivity contribution is 5.62. The van der Waals surface area contributed by atoms with Crippen molar-refractivity contribution in [2.75, 3.05) is 11.9 Å². The van der Waals surface area contributed by atoms with Crippen LogP contribution in [0.4, 0.5) is 24.5 Å². The molecule has 0 atom stereocenters. The molecule has 1 aromatic rings. The highest BCUT2D eigenvalue weighted by atomic mass is 19.4. The van der Waals surface area contributed by atoms with Crippen LogP contribution >= 0.6 is 0 Å². The van der Waals surface area contributed by atoms with E-state index in [-0.39, 0.29) is 18.7 Å². The Balaban J connectivity index is 3.23. The Kier molecular flexibility index (Phi) is 4.53. The molecule has 0 saturated heterocycles. The molecule has 1 aromatic heterocycles. The number of rotatable bonds is 5. The fourth-order valence-electron chi connectivity index (χ4n) is 1.56. The maximum absolute atomic E-state index is 12.6. The summed E-state index contributed by atoms with van der Waals surface area (Å²) in [4.78, 5) is 13.1. The second kappa shape index (κ2) is 5.61. The number of pyridine rings is 1. The van der Waals surface area contributed by atoms with Gasteiger partial charge in [0.15, 0.2) is 0 Å². The second-order valence-electron chi connectivity index (χ2n) is 4.82. The topological polar surface area (TPSA) is 88.3 Å². The largest absolute Gasteiger partial charge is 0.433 e. The summed E-state index contributed by atoms with van der Waals surface area (Å²) in [6.07, 6.45) is -3.90. The molecule has 0 spiro atoms. The van der Waals surface area contributed by atoms with E-state index in [0.717, 1.165) is 0 Å². The van der Waals surface area contributed by atoms with Gasteiger partial charge in [-0.15, -0.1) is 0 Å². The zero-order valence-electron chi connectivity index (χ0n) is 10.9. The molecule has 0 aromatic carbocycles. The monoisotopic (exact) mass is 293 g/mol. The molecule has 9 heteroatoms. The summed E-state index contributed by atoms with van der Waals surface area (Å²) < 4.78 is 37.7. The van der Waals surface area contributed by atoms with Crippen LogP contribution < -0.4 is 5.32 Å². The van der Waals surface area contributed by atoms with Crippen molar-refractivity contribution in [1.29, 1.82) is 0 Å². The highest BCUT2D eigenvalue weighted by Gasteiger charge is 2.35. The molecule has 0 bridgehead atoms. The van der Waals surface area contributed by atoms with Gasteiger partial charge in [0.1, 0.15) is 17.6 Å². The van der Waals surface area contributed by atoms with Crippen LogP contribution in [0.3, 0.4) is 0 Å². The van der Waals surface area contributed by atoms with Crippen molar-refractivity contribution in [3.63, 3.8) is 0 Å². The van der Waals surface area contributed by atoms with E-state index in [0.29, 0.717) is 12.3 Å². The van der Waals surface area contributed by atoms with E-state index >= 15 is 0 Å². The van der Waals surface area contributed by atoms with Gasteiger partial charge in [0.25, 0.3) is 0 Å². The number of anilines is 1. The van der Waals surface area contributed by atoms with E-state index in [2.05, 4.69) is 10.3 Å². The zero-order chi connectivity index (χ0) is 15.6. The lowest BCUT2D eigenvalue weighted by atomic mass is 10.0. The minimum absolute atomic E-state index is 0.203. The first kappa shape index (κ1) is 16.2. The molecular weight excluding hydrogens is 279 g/mol. The summed E-state index contributed by atoms with van der Waals surface area (Å²) in [5.41, 5.74) is -2.85. The Morgan fingerprint density at radius 1 is 1.45 bits per heavy atom. The Bertz CT molecular complexity index is 503. The summed E-state index contributed by atoms with van der Waals surface area (Å²) in [6.45, 7) is 3.02. The van der Waals surface area contributed by atoms with Gasteiger partial charge in [-0.25, -0.2) is 4.98 Å². The predicted molar refractivity (Wildman–Crippen MR) is 65.3 cm³/mol. The standard InChI is InChI=1S/C11H14F3N3O3/c1-10(2,3-4-18)16-7-5-9(11(12,13)14)15-6-8(7)17(19)20/h5-6,18H,3-4H2,1-2H3,(H,15,16). The molecule has 0 aliphatic rings. The van der Waals surface area contributed by atoms with Gasteiger partial charge in [0, 0.05) is 12.1 Å². The first-order valence-corrected chi connectivity index (χ1v) is 5.67. The minimum Gasteiger partial charge on any atom is -0.396 e. The van der Waals surface area contributed by atoms with Crippen LogP contribution in [-0.4, -0.2) is 27.2 Å². The normalized spacial score (nSPS) is 12.3. The Labute approximate surface area is 112 Å². The lowest BCUT2D eigenvalue weighted by Gasteiger charge is -2.26. The number of aromatic nitrogens is 1. The first-order chi connectivity index (χ1) is 9.07. The summed E-state index contributed by atoms with van der Waals surface area (Å²) in [6, 6.07) is 0.595. The molecule has 0 fully saturated rings. The maximum atomic E-state index is 12.6. The van der Waals surface area contributed by atoms with Crippen LogP contribution in [0.15, 0.2) is 12.3 Å². The SMILES string of the molecule is CC(C)(CCO)Nc1cc(C(F)(F)F)ncc1[N+](=O)[O-]. The van der Waals surface area contributed by atoms with E-state index in [1.165, 1.54) is 0 Å². The van der Waals surface area contributed by atoms with Gasteiger partial charge in [-0.2, -0.15) is 13.2 Å². The van der Waals surface area contributed by atoms with Crippen molar-refractivity contribution in [3.05, 3.63) is 28.1 Å². The minimum atomic E-state index is -4.69. The molecule has 0 radical (unpaired) electrons. The van der Waals surface area contributed by atoms with Crippen molar-refractivity contribution in [1.82, 2.24) is 4.98 Å². The van der Waals surface area contributed by atoms with Gasteiger partial charge < -0.3 is 10.4 Å². The second-order valence-corrected chi connectivity index (χ2v) is 4.82. The lowest BCUT2D eigenvalue weighted by Crippen LogP contribution is -2.32. The van der Waals surface area contributed by atoms with Gasteiger partial charge in [-0.1, -0.05) is 0 Å². The molecular formula is C11H14F3N3O3. The Morgan fingerprint density at radius 2 is 2.05 bits per heavy atom. The van der Waals surface area contributed by atoms with Crippen LogP contribution in [0.2, 0.25) is 0 Å². The maximum Gasteiger partial charge on any atom is 0.433 e. The Morgan fingerprint density at radius 3 is 2.50 bits per heavy atom. The molecule has 0 unspecified atom stereocenters. The third-order valence-electron chi connectivity index (χ3n) is 2.58. The van der Waals surface area contributed by atoms with Crippen molar-refractivity contribution in [2.45, 2.75) is 32.0 Å². The number of hydrogen-bond donors (Lipinski definition) is 2. The molecule has 2 N–H and O–H groups in total. The third-order valence-corrected chi connectivity index (χ3v) is 2.58. The van der Waals surface area contributed by atoms with Crippen LogP contribution in [0.25, 0.3) is 0 Å². The summed E-state index contributed by atoms with van der Waals surface area (Å²) >= 11 is 0. The number of aliphatic hydroxyl groups is 1. The summed E-state index contributed by atoms with van der Waals surface area (Å²) in [7, 11) is 0. The average molecular weight is 293 g/mol. The van der Waals surface area contributed by atoms with Crippen molar-refractivity contribution >= 4 is 11.4 Å². The third kappa shape index (κ3) is 4.05. The lowest BCUT2D eigenvalue weighted by molar-refractivity contribution is -0.384. The predicted octanol–water partition coefficient (Wildman–Crippen LogP) is 2.58. The number of hydrogen-bond acceptors (Lipinski definition) is 5. The molecule has 0 aliphatic carbocycles. The van der Waals surface area contributed by atoms with Crippen LogP contribution in [0.1, 0.15) is 26.0 Å². The number of nitrogens with one attached hydrogen (secondary N) is 1. The smallest absolute Gasteiger partial charge is 0.396 e. The van der Waals surface area contributed by atoms with E-state index in [1.54, 1.807) is 13.8 Å². The number of nitrogens with zero attached hydrogens (tertiary/aromatic N) is 2. The van der Waals surface area contributed by atoms with Gasteiger partial charge in [0.2, 0.25) is 0 Å². The van der Waals surface area contributed by atoms with Gasteiger partial charge in [-0.05, 0) is 26.3 Å². The molecule has 6 nitrogen and oxygen atoms in total. The van der Waals surface area contributed by atoms with E-state index < -0.39 is 28.0 Å². The summed E-state index contributed by atoms with van der Waals surface area (Å²) in [5, 5.41) is 22.3. The molecule has 0 amide bonds. The van der Waals surface area contributed by atoms with Crippen molar-refractivity contribution in [3.8, 4) is 0 Å².